The molecule has 0 atom stereocenters. The number of nitrogens with one attached hydrogen (secondary N) is 1. The molecule has 0 saturated carbocycles. The van der Waals surface area contributed by atoms with Crippen molar-refractivity contribution in [3.63, 3.8) is 0 Å². The van der Waals surface area contributed by atoms with E-state index in [1.807, 2.05) is 13.8 Å². The van der Waals surface area contributed by atoms with Crippen molar-refractivity contribution >= 4 is 0 Å². The van der Waals surface area contributed by atoms with E-state index in [4.69, 9.17) is 11.7 Å². The van der Waals surface area contributed by atoms with Gasteiger partial charge in [0.05, 0.1) is 11.5 Å². The summed E-state index contributed by atoms with van der Waals surface area (Å²) in [5, 5.41) is 12.0. The SMILES string of the molecule is C#CCCCNCCC(C)(C)C#N. The van der Waals surface area contributed by atoms with Crippen LogP contribution >= 0.6 is 0 Å². The van der Waals surface area contributed by atoms with E-state index in [0.717, 1.165) is 32.4 Å². The van der Waals surface area contributed by atoms with Crippen LogP contribution in [0.15, 0.2) is 0 Å². The molecule has 0 aromatic heterocycles. The van der Waals surface area contributed by atoms with Crippen molar-refractivity contribution in [3.05, 3.63) is 0 Å². The van der Waals surface area contributed by atoms with Crippen LogP contribution in [0.2, 0.25) is 0 Å². The Bertz CT molecular complexity index is 205. The summed E-state index contributed by atoms with van der Waals surface area (Å²) in [6.07, 6.45) is 7.85. The fourth-order valence-corrected chi connectivity index (χ4v) is 0.897. The number of nitriles is 1. The second kappa shape index (κ2) is 6.52. The van der Waals surface area contributed by atoms with Gasteiger partial charge in [0.15, 0.2) is 0 Å². The van der Waals surface area contributed by atoms with Gasteiger partial charge in [-0.05, 0) is 39.8 Å². The van der Waals surface area contributed by atoms with Crippen LogP contribution in [0.1, 0.15) is 33.1 Å². The van der Waals surface area contributed by atoms with Crippen molar-refractivity contribution in [2.24, 2.45) is 5.41 Å². The van der Waals surface area contributed by atoms with Gasteiger partial charge in [-0.1, -0.05) is 0 Å². The number of nitrogens with zero attached hydrogens (tertiary/aromatic N) is 1. The smallest absolute Gasteiger partial charge is 0.0684 e. The van der Waals surface area contributed by atoms with Gasteiger partial charge in [-0.3, -0.25) is 0 Å². The van der Waals surface area contributed by atoms with Crippen LogP contribution in [0.25, 0.3) is 0 Å². The topological polar surface area (TPSA) is 35.8 Å². The van der Waals surface area contributed by atoms with Crippen molar-refractivity contribution < 1.29 is 0 Å². The van der Waals surface area contributed by atoms with Crippen LogP contribution in [-0.2, 0) is 0 Å². The van der Waals surface area contributed by atoms with Crippen LogP contribution in [0.4, 0.5) is 0 Å². The molecule has 0 aromatic rings. The summed E-state index contributed by atoms with van der Waals surface area (Å²) in [5.74, 6) is 2.59. The molecule has 0 aromatic carbocycles. The lowest BCUT2D eigenvalue weighted by Crippen LogP contribution is -2.22. The van der Waals surface area contributed by atoms with Gasteiger partial charge in [0.25, 0.3) is 0 Å². The standard InChI is InChI=1S/C11H18N2/c1-4-5-6-8-13-9-7-11(2,3)10-12/h1,13H,5-9H2,2-3H3. The summed E-state index contributed by atoms with van der Waals surface area (Å²) in [5.41, 5.74) is -0.209. The van der Waals surface area contributed by atoms with Crippen molar-refractivity contribution in [2.75, 3.05) is 13.1 Å². The molecular formula is C11H18N2. The maximum Gasteiger partial charge on any atom is 0.0684 e. The Labute approximate surface area is 81.3 Å². The van der Waals surface area contributed by atoms with Gasteiger partial charge in [-0.25, -0.2) is 0 Å². The van der Waals surface area contributed by atoms with E-state index in [1.54, 1.807) is 0 Å². The van der Waals surface area contributed by atoms with Gasteiger partial charge in [-0.15, -0.1) is 12.3 Å². The van der Waals surface area contributed by atoms with E-state index in [1.165, 1.54) is 0 Å². The van der Waals surface area contributed by atoms with Crippen molar-refractivity contribution in [2.45, 2.75) is 33.1 Å². The minimum Gasteiger partial charge on any atom is -0.317 e. The van der Waals surface area contributed by atoms with E-state index >= 15 is 0 Å². The Morgan fingerprint density at radius 1 is 1.38 bits per heavy atom. The zero-order chi connectivity index (χ0) is 10.2. The molecule has 0 heterocycles. The van der Waals surface area contributed by atoms with E-state index in [0.29, 0.717) is 0 Å². The van der Waals surface area contributed by atoms with Crippen LogP contribution in [-0.4, -0.2) is 13.1 Å². The molecule has 0 aliphatic rings. The predicted octanol–water partition coefficient (Wildman–Crippen LogP) is 1.93. The summed E-state index contributed by atoms with van der Waals surface area (Å²) in [7, 11) is 0. The fourth-order valence-electron chi connectivity index (χ4n) is 0.897. The van der Waals surface area contributed by atoms with E-state index in [2.05, 4.69) is 17.3 Å². The van der Waals surface area contributed by atoms with Crippen LogP contribution in [0.3, 0.4) is 0 Å². The molecule has 13 heavy (non-hydrogen) atoms. The average molecular weight is 178 g/mol. The number of terminal acetylenes is 1. The summed E-state index contributed by atoms with van der Waals surface area (Å²) in [4.78, 5) is 0. The third-order valence-corrected chi connectivity index (χ3v) is 1.90. The molecule has 0 rings (SSSR count). The van der Waals surface area contributed by atoms with Crippen molar-refractivity contribution in [3.8, 4) is 18.4 Å². The average Bonchev–Trinajstić information content (AvgIpc) is 2.11. The summed E-state index contributed by atoms with van der Waals surface area (Å²) < 4.78 is 0. The molecule has 0 unspecified atom stereocenters. The molecule has 0 amide bonds. The highest BCUT2D eigenvalue weighted by molar-refractivity contribution is 4.91. The Balaban J connectivity index is 3.28. The van der Waals surface area contributed by atoms with Gasteiger partial charge in [0.1, 0.15) is 0 Å². The Kier molecular flexibility index (Phi) is 6.02. The minimum absolute atomic E-state index is 0.209. The molecule has 0 saturated heterocycles. The molecule has 72 valence electrons. The predicted molar refractivity (Wildman–Crippen MR) is 54.9 cm³/mol. The first-order chi connectivity index (χ1) is 6.12. The molecule has 2 nitrogen and oxygen atoms in total. The van der Waals surface area contributed by atoms with Gasteiger partial charge in [-0.2, -0.15) is 5.26 Å². The Morgan fingerprint density at radius 3 is 2.62 bits per heavy atom. The van der Waals surface area contributed by atoms with Crippen molar-refractivity contribution in [1.29, 1.82) is 5.26 Å². The first-order valence-electron chi connectivity index (χ1n) is 4.68. The monoisotopic (exact) mass is 178 g/mol. The molecular weight excluding hydrogens is 160 g/mol. The highest BCUT2D eigenvalue weighted by Crippen LogP contribution is 2.16. The Morgan fingerprint density at radius 2 is 2.08 bits per heavy atom. The van der Waals surface area contributed by atoms with Crippen LogP contribution in [0.5, 0.6) is 0 Å². The van der Waals surface area contributed by atoms with E-state index < -0.39 is 0 Å². The fraction of sp³-hybridized carbons (Fsp3) is 0.727. The van der Waals surface area contributed by atoms with E-state index in [-0.39, 0.29) is 5.41 Å². The number of hydrogen-bond donors (Lipinski definition) is 1. The van der Waals surface area contributed by atoms with Crippen LogP contribution in [0, 0.1) is 29.1 Å². The second-order valence-corrected chi connectivity index (χ2v) is 3.80. The lowest BCUT2D eigenvalue weighted by molar-refractivity contribution is 0.432. The maximum atomic E-state index is 8.73. The van der Waals surface area contributed by atoms with Crippen molar-refractivity contribution in [1.82, 2.24) is 5.32 Å². The first kappa shape index (κ1) is 12.0. The highest BCUT2D eigenvalue weighted by atomic mass is 14.8. The summed E-state index contributed by atoms with van der Waals surface area (Å²) in [6.45, 7) is 5.75. The quantitative estimate of drug-likeness (QED) is 0.498. The number of hydrogen-bond acceptors (Lipinski definition) is 2. The number of unbranched alkanes of at least 4 members (excludes halogenated alkanes) is 1. The maximum absolute atomic E-state index is 8.73. The molecule has 2 heteroatoms. The van der Waals surface area contributed by atoms with Crippen LogP contribution < -0.4 is 5.32 Å². The number of rotatable bonds is 6. The van der Waals surface area contributed by atoms with Gasteiger partial charge < -0.3 is 5.32 Å². The summed E-state index contributed by atoms with van der Waals surface area (Å²) in [6, 6.07) is 2.27. The molecule has 0 bridgehead atoms. The largest absolute Gasteiger partial charge is 0.317 e. The lowest BCUT2D eigenvalue weighted by Gasteiger charge is -2.14. The molecule has 0 spiro atoms. The van der Waals surface area contributed by atoms with Gasteiger partial charge >= 0.3 is 0 Å². The second-order valence-electron chi connectivity index (χ2n) is 3.80. The lowest BCUT2D eigenvalue weighted by atomic mass is 9.91. The highest BCUT2D eigenvalue weighted by Gasteiger charge is 2.14. The third kappa shape index (κ3) is 7.37. The Hall–Kier alpha value is -0.990. The van der Waals surface area contributed by atoms with Gasteiger partial charge in [0.2, 0.25) is 0 Å². The summed E-state index contributed by atoms with van der Waals surface area (Å²) >= 11 is 0. The molecule has 1 N–H and O–H groups in total. The third-order valence-electron chi connectivity index (χ3n) is 1.90. The minimum atomic E-state index is -0.209. The normalized spacial score (nSPS) is 10.5. The van der Waals surface area contributed by atoms with E-state index in [9.17, 15) is 0 Å². The van der Waals surface area contributed by atoms with Gasteiger partial charge in [0, 0.05) is 6.42 Å². The molecule has 0 aliphatic heterocycles. The first-order valence-corrected chi connectivity index (χ1v) is 4.68. The zero-order valence-corrected chi connectivity index (χ0v) is 8.56. The molecule has 0 aliphatic carbocycles. The molecule has 0 fully saturated rings. The zero-order valence-electron chi connectivity index (χ0n) is 8.56. The molecule has 0 radical (unpaired) electrons.